The van der Waals surface area contributed by atoms with Gasteiger partial charge in [-0.25, -0.2) is 9.78 Å². The zero-order valence-corrected chi connectivity index (χ0v) is 22.0. The van der Waals surface area contributed by atoms with E-state index < -0.39 is 23.6 Å². The number of nitrogens with zero attached hydrogens (tertiary/aromatic N) is 2. The van der Waals surface area contributed by atoms with Crippen molar-refractivity contribution in [1.29, 1.82) is 0 Å². The largest absolute Gasteiger partial charge is 0.477 e. The van der Waals surface area contributed by atoms with Crippen LogP contribution < -0.4 is 16.0 Å². The number of hydrogen-bond donors (Lipinski definition) is 4. The molecular formula is C27H28F3N5O3S. The predicted molar refractivity (Wildman–Crippen MR) is 143 cm³/mol. The first kappa shape index (κ1) is 27.1. The number of halogens is 3. The zero-order chi connectivity index (χ0) is 27.7. The van der Waals surface area contributed by atoms with E-state index in [9.17, 15) is 27.9 Å². The summed E-state index contributed by atoms with van der Waals surface area (Å²) in [7, 11) is 0. The van der Waals surface area contributed by atoms with Crippen molar-refractivity contribution in [2.75, 3.05) is 36.8 Å². The maximum Gasteiger partial charge on any atom is 0.416 e. The predicted octanol–water partition coefficient (Wildman–Crippen LogP) is 5.07. The molecular weight excluding hydrogens is 531 g/mol. The van der Waals surface area contributed by atoms with Gasteiger partial charge in [-0.3, -0.25) is 9.69 Å². The molecule has 0 bridgehead atoms. The van der Waals surface area contributed by atoms with Crippen molar-refractivity contribution in [3.8, 4) is 11.3 Å². The number of benzene rings is 2. The molecule has 12 heteroatoms. The number of piperazine rings is 1. The van der Waals surface area contributed by atoms with E-state index in [0.717, 1.165) is 43.3 Å². The van der Waals surface area contributed by atoms with Gasteiger partial charge < -0.3 is 21.1 Å². The van der Waals surface area contributed by atoms with E-state index >= 15 is 0 Å². The standard InChI is InChI=1S/C27H28F3N5O3S/c1-15-2-3-16(12-20(15)22-23(25(37)38)39-26(34-22)33-18-6-7-18)24(36)32-19-5-4-17(21(13-19)27(28,29)30)14-35-10-8-31-9-11-35/h2-5,12-13,18,31H,6-11,14H2,1H3,(H,32,36)(H,33,34)(H,37,38). The fourth-order valence-corrected chi connectivity index (χ4v) is 5.39. The second-order valence-corrected chi connectivity index (χ2v) is 10.8. The van der Waals surface area contributed by atoms with Crippen molar-refractivity contribution in [2.24, 2.45) is 0 Å². The van der Waals surface area contributed by atoms with Crippen LogP contribution in [-0.2, 0) is 12.7 Å². The molecule has 1 aromatic heterocycles. The molecule has 1 aliphatic carbocycles. The number of thiazole rings is 1. The normalized spacial score (nSPS) is 16.2. The number of carboxylic acids is 1. The van der Waals surface area contributed by atoms with Gasteiger partial charge in [0.05, 0.1) is 11.3 Å². The highest BCUT2D eigenvalue weighted by Gasteiger charge is 2.34. The van der Waals surface area contributed by atoms with Crippen molar-refractivity contribution < 1.29 is 27.9 Å². The van der Waals surface area contributed by atoms with E-state index in [1.807, 2.05) is 4.90 Å². The van der Waals surface area contributed by atoms with Gasteiger partial charge in [0.1, 0.15) is 4.88 Å². The number of aromatic carboxylic acids is 1. The summed E-state index contributed by atoms with van der Waals surface area (Å²) in [4.78, 5) is 31.5. The van der Waals surface area contributed by atoms with Crippen LogP contribution in [0, 0.1) is 6.92 Å². The molecule has 4 N–H and O–H groups in total. The first-order valence-corrected chi connectivity index (χ1v) is 13.5. The summed E-state index contributed by atoms with van der Waals surface area (Å²) in [6.07, 6.45) is -2.58. The van der Waals surface area contributed by atoms with E-state index in [1.165, 1.54) is 18.2 Å². The molecule has 2 aromatic carbocycles. The fraction of sp³-hybridized carbons (Fsp3) is 0.370. The molecule has 0 atom stereocenters. The van der Waals surface area contributed by atoms with Gasteiger partial charge in [0, 0.05) is 55.6 Å². The lowest BCUT2D eigenvalue weighted by Gasteiger charge is -2.28. The first-order valence-electron chi connectivity index (χ1n) is 12.6. The quantitative estimate of drug-likeness (QED) is 0.306. The van der Waals surface area contributed by atoms with Crippen molar-refractivity contribution in [1.82, 2.24) is 15.2 Å². The van der Waals surface area contributed by atoms with Crippen LogP contribution in [0.15, 0.2) is 36.4 Å². The Hall–Kier alpha value is -3.48. The van der Waals surface area contributed by atoms with Gasteiger partial charge in [-0.15, -0.1) is 0 Å². The maximum absolute atomic E-state index is 13.9. The van der Waals surface area contributed by atoms with Crippen LogP contribution in [0.1, 0.15) is 49.6 Å². The van der Waals surface area contributed by atoms with Gasteiger partial charge in [0.15, 0.2) is 5.13 Å². The molecule has 2 aliphatic rings. The van der Waals surface area contributed by atoms with Gasteiger partial charge in [0.2, 0.25) is 0 Å². The lowest BCUT2D eigenvalue weighted by Crippen LogP contribution is -2.43. The third kappa shape index (κ3) is 6.40. The van der Waals surface area contributed by atoms with Gasteiger partial charge in [-0.05, 0) is 55.2 Å². The number of amides is 1. The number of anilines is 2. The second kappa shape index (κ2) is 10.9. The van der Waals surface area contributed by atoms with E-state index in [0.29, 0.717) is 29.3 Å². The Morgan fingerprint density at radius 1 is 1.15 bits per heavy atom. The van der Waals surface area contributed by atoms with Crippen LogP contribution in [0.25, 0.3) is 11.3 Å². The SMILES string of the molecule is Cc1ccc(C(=O)Nc2ccc(CN3CCNCC3)c(C(F)(F)F)c2)cc1-c1nc(NC2CC2)sc1C(=O)O. The summed E-state index contributed by atoms with van der Waals surface area (Å²) in [6.45, 7) is 4.72. The molecule has 1 saturated carbocycles. The Balaban J connectivity index is 1.39. The Labute approximate surface area is 227 Å². The number of hydrogen-bond acceptors (Lipinski definition) is 7. The maximum atomic E-state index is 13.9. The Kier molecular flexibility index (Phi) is 7.61. The highest BCUT2D eigenvalue weighted by atomic mass is 32.1. The van der Waals surface area contributed by atoms with Crippen LogP contribution in [0.5, 0.6) is 0 Å². The molecule has 0 spiro atoms. The van der Waals surface area contributed by atoms with Crippen LogP contribution >= 0.6 is 11.3 Å². The monoisotopic (exact) mass is 559 g/mol. The lowest BCUT2D eigenvalue weighted by molar-refractivity contribution is -0.138. The lowest BCUT2D eigenvalue weighted by atomic mass is 10.0. The van der Waals surface area contributed by atoms with Crippen LogP contribution in [-0.4, -0.2) is 59.1 Å². The van der Waals surface area contributed by atoms with E-state index in [1.54, 1.807) is 19.1 Å². The highest BCUT2D eigenvalue weighted by molar-refractivity contribution is 7.17. The number of rotatable bonds is 8. The molecule has 1 aliphatic heterocycles. The molecule has 5 rings (SSSR count). The summed E-state index contributed by atoms with van der Waals surface area (Å²) in [5.41, 5.74) is 1.01. The highest BCUT2D eigenvalue weighted by Crippen LogP contribution is 2.37. The topological polar surface area (TPSA) is 107 Å². The summed E-state index contributed by atoms with van der Waals surface area (Å²) >= 11 is 1.04. The number of carboxylic acid groups (broad SMARTS) is 1. The molecule has 2 fully saturated rings. The van der Waals surface area contributed by atoms with Gasteiger partial charge in [0.25, 0.3) is 5.91 Å². The minimum Gasteiger partial charge on any atom is -0.477 e. The number of aromatic nitrogens is 1. The number of carbonyl (C=O) groups is 2. The molecule has 1 saturated heterocycles. The minimum atomic E-state index is -4.58. The molecule has 0 unspecified atom stereocenters. The molecule has 2 heterocycles. The smallest absolute Gasteiger partial charge is 0.416 e. The average molecular weight is 560 g/mol. The second-order valence-electron chi connectivity index (χ2n) is 9.80. The number of alkyl halides is 3. The van der Waals surface area contributed by atoms with Crippen molar-refractivity contribution in [2.45, 2.75) is 38.5 Å². The van der Waals surface area contributed by atoms with Gasteiger partial charge in [-0.1, -0.05) is 23.5 Å². The summed E-state index contributed by atoms with van der Waals surface area (Å²) in [5.74, 6) is -1.73. The van der Waals surface area contributed by atoms with Crippen molar-refractivity contribution in [3.63, 3.8) is 0 Å². The first-order chi connectivity index (χ1) is 18.6. The summed E-state index contributed by atoms with van der Waals surface area (Å²) in [6, 6.07) is 8.87. The molecule has 1 amide bonds. The number of carbonyl (C=O) groups excluding carboxylic acids is 1. The Morgan fingerprint density at radius 2 is 1.90 bits per heavy atom. The molecule has 3 aromatic rings. The van der Waals surface area contributed by atoms with Crippen molar-refractivity contribution >= 4 is 34.0 Å². The van der Waals surface area contributed by atoms with Crippen LogP contribution in [0.2, 0.25) is 0 Å². The van der Waals surface area contributed by atoms with Crippen molar-refractivity contribution in [3.05, 3.63) is 63.5 Å². The Bertz CT molecular complexity index is 1400. The minimum absolute atomic E-state index is 0.0225. The van der Waals surface area contributed by atoms with E-state index in [-0.39, 0.29) is 40.0 Å². The van der Waals surface area contributed by atoms with Gasteiger partial charge >= 0.3 is 12.1 Å². The number of aryl methyl sites for hydroxylation is 1. The van der Waals surface area contributed by atoms with E-state index in [2.05, 4.69) is 20.9 Å². The molecule has 39 heavy (non-hydrogen) atoms. The third-order valence-corrected chi connectivity index (χ3v) is 7.73. The fourth-order valence-electron chi connectivity index (χ4n) is 4.50. The molecule has 0 radical (unpaired) electrons. The van der Waals surface area contributed by atoms with E-state index in [4.69, 9.17) is 0 Å². The molecule has 206 valence electrons. The molecule has 8 nitrogen and oxygen atoms in total. The Morgan fingerprint density at radius 3 is 2.56 bits per heavy atom. The summed E-state index contributed by atoms with van der Waals surface area (Å²) in [5, 5.41) is 19.2. The average Bonchev–Trinajstić information content (AvgIpc) is 3.61. The number of nitrogens with one attached hydrogen (secondary N) is 3. The zero-order valence-electron chi connectivity index (χ0n) is 21.2. The summed E-state index contributed by atoms with van der Waals surface area (Å²) < 4.78 is 41.7. The third-order valence-electron chi connectivity index (χ3n) is 6.76. The van der Waals surface area contributed by atoms with Gasteiger partial charge in [-0.2, -0.15) is 13.2 Å². The van der Waals surface area contributed by atoms with Crippen LogP contribution in [0.4, 0.5) is 24.0 Å². The van der Waals surface area contributed by atoms with Crippen LogP contribution in [0.3, 0.4) is 0 Å².